The molecule has 4 aliphatic rings. The fourth-order valence-electron chi connectivity index (χ4n) is 8.86. The number of aliphatic hydroxyl groups is 2. The number of ether oxygens (including phenoxy) is 4. The van der Waals surface area contributed by atoms with E-state index in [0.717, 1.165) is 32.4 Å². The third kappa shape index (κ3) is 13.6. The van der Waals surface area contributed by atoms with Crippen LogP contribution in [0.4, 0.5) is 5.69 Å². The van der Waals surface area contributed by atoms with Gasteiger partial charge in [-0.1, -0.05) is 72.6 Å². The number of phenols is 3. The number of aliphatic hydroxyl groups excluding tert-OH is 2. The van der Waals surface area contributed by atoms with Gasteiger partial charge in [0.1, 0.15) is 23.4 Å². The number of carbonyl (C=O) groups is 4. The van der Waals surface area contributed by atoms with E-state index < -0.39 is 94.8 Å². The molecule has 1 fully saturated rings. The zero-order valence-corrected chi connectivity index (χ0v) is 45.1. The van der Waals surface area contributed by atoms with Crippen molar-refractivity contribution < 1.29 is 98.3 Å². The van der Waals surface area contributed by atoms with E-state index in [1.54, 1.807) is 44.9 Å². The van der Waals surface area contributed by atoms with Crippen molar-refractivity contribution in [3.8, 4) is 23.0 Å². The Kier molecular flexibility index (Phi) is 22.3. The third-order valence-corrected chi connectivity index (χ3v) is 13.6. The number of nitrogens with one attached hydrogen (secondary N) is 1. The summed E-state index contributed by atoms with van der Waals surface area (Å²) in [4.78, 5) is 53.0. The van der Waals surface area contributed by atoms with Crippen molar-refractivity contribution in [2.75, 3.05) is 45.7 Å². The van der Waals surface area contributed by atoms with Crippen LogP contribution in [-0.2, 0) is 28.6 Å². The van der Waals surface area contributed by atoms with Gasteiger partial charge in [-0.25, -0.2) is 0 Å². The summed E-state index contributed by atoms with van der Waals surface area (Å²) in [5.74, 6) is -9.46. The predicted molar refractivity (Wildman–Crippen MR) is 259 cm³/mol. The number of fused-ring (bicyclic) bond motifs is 14. The number of phenolic OH excluding ortho intramolecular Hbond substituents is 3. The second-order valence-electron chi connectivity index (χ2n) is 18.7. The molecule has 4 heterocycles. The monoisotopic (exact) mass is 989 g/mol. The molecule has 0 aromatic heterocycles. The number of aliphatic carboxylic acids is 1. The van der Waals surface area contributed by atoms with Gasteiger partial charge in [0.2, 0.25) is 0 Å². The first-order valence-electron chi connectivity index (χ1n) is 23.7. The van der Waals surface area contributed by atoms with Crippen LogP contribution >= 0.6 is 0 Å². The topological polar surface area (TPSA) is 260 Å². The molecule has 6 N–H and O–H groups in total. The number of esters is 1. The minimum absolute atomic E-state index is 0. The number of allylic oxidation sites excluding steroid dienone is 2. The smallest absolute Gasteiger partial charge is 0.550 e. The molecule has 19 heteroatoms. The Bertz CT molecular complexity index is 2310. The SMILES string of the molecule is CCCCC(CC)C(=O)[O-].CO[C@H]1/C=C/O[C@@]2(C)Oc3c(C)c(O)c4c(O)c(c(C=NN5CCN(C)CC5)c(O)c4c3C2=O)NC(=O)/C(C)=C\C=C\[C@H](C)[C@H](O)[C@@H](C)[C@@H](O)[C@@H](C)[C@H](OC(C)=O)[C@@H]1C.[Na+]. The van der Waals surface area contributed by atoms with Crippen LogP contribution in [0.2, 0.25) is 0 Å². The molecule has 0 radical (unpaired) electrons. The van der Waals surface area contributed by atoms with Gasteiger partial charge in [0.15, 0.2) is 5.75 Å². The standard InChI is InChI=1S/C43H58N4O12.C8H16O2.Na/c1-21-12-11-13-22(2)42(55)45-33-28(20-44-47-17-15-46(9)16-18-47)37(52)30-31(38(33)53)36(51)26(6)40-32(30)41(54)43(8,59-40)57-19-14-29(56-10)23(3)39(58-27(7)48)25(5)35(50)24(4)34(21)49;1-3-5-6-7(4-2)8(9)10;/h11-14,19-21,23-25,29,34-35,39,49-53H,15-18H2,1-10H3,(H,45,55);7H,3-6H2,1-2H3,(H,9,10);/q;;+1/p-1/b12-11+,19-14+,22-13-,44-20?;;/t21-,23+,24+,25+,29-,34-,35+,39+,43-;;/m0../s1. The molecule has 0 spiro atoms. The summed E-state index contributed by atoms with van der Waals surface area (Å²) >= 11 is 0. The number of amides is 1. The van der Waals surface area contributed by atoms with Crippen LogP contribution < -0.4 is 44.7 Å². The first kappa shape index (κ1) is 59.6. The molecule has 4 aliphatic heterocycles. The van der Waals surface area contributed by atoms with E-state index in [4.69, 9.17) is 18.9 Å². The molecule has 70 heavy (non-hydrogen) atoms. The summed E-state index contributed by atoms with van der Waals surface area (Å²) in [6.07, 6.45) is 8.38. The fraction of sp³-hybridized carbons (Fsp3) is 0.588. The van der Waals surface area contributed by atoms with Crippen molar-refractivity contribution in [1.82, 2.24) is 9.91 Å². The molecule has 5 bridgehead atoms. The van der Waals surface area contributed by atoms with Crippen LogP contribution in [0.1, 0.15) is 109 Å². The predicted octanol–water partition coefficient (Wildman–Crippen LogP) is 2.29. The number of methoxy groups -OCH3 is 1. The minimum Gasteiger partial charge on any atom is -0.550 e. The summed E-state index contributed by atoms with van der Waals surface area (Å²) in [6.45, 7) is 19.0. The fourth-order valence-corrected chi connectivity index (χ4v) is 8.86. The average Bonchev–Trinajstić information content (AvgIpc) is 3.57. The number of ketones is 1. The van der Waals surface area contributed by atoms with Crippen molar-refractivity contribution in [1.29, 1.82) is 0 Å². The molecule has 18 nitrogen and oxygen atoms in total. The number of rotatable bonds is 9. The Morgan fingerprint density at radius 1 is 0.971 bits per heavy atom. The number of nitrogens with zero attached hydrogens (tertiary/aromatic N) is 3. The Hall–Kier alpha value is -4.69. The number of anilines is 1. The molecule has 2 aromatic carbocycles. The van der Waals surface area contributed by atoms with Gasteiger partial charge in [0, 0.05) is 93.3 Å². The molecule has 1 amide bonds. The molecule has 0 saturated carbocycles. The number of hydrogen-bond donors (Lipinski definition) is 6. The van der Waals surface area contributed by atoms with Crippen LogP contribution in [0, 0.1) is 36.5 Å². The first-order valence-corrected chi connectivity index (χ1v) is 23.7. The molecule has 1 saturated heterocycles. The van der Waals surface area contributed by atoms with Crippen LogP contribution in [0.3, 0.4) is 0 Å². The van der Waals surface area contributed by atoms with Gasteiger partial charge >= 0.3 is 41.3 Å². The number of benzene rings is 2. The van der Waals surface area contributed by atoms with E-state index in [9.17, 15) is 49.8 Å². The van der Waals surface area contributed by atoms with Gasteiger partial charge in [0.25, 0.3) is 11.7 Å². The Balaban J connectivity index is 0.00000106. The first-order chi connectivity index (χ1) is 32.4. The zero-order chi connectivity index (χ0) is 51.7. The van der Waals surface area contributed by atoms with Gasteiger partial charge < -0.3 is 64.6 Å². The van der Waals surface area contributed by atoms with Crippen LogP contribution in [0.5, 0.6) is 23.0 Å². The maximum Gasteiger partial charge on any atom is 1.00 e. The van der Waals surface area contributed by atoms with E-state index in [2.05, 4.69) is 22.2 Å². The van der Waals surface area contributed by atoms with Crippen molar-refractivity contribution in [2.24, 2.45) is 34.7 Å². The second-order valence-corrected chi connectivity index (χ2v) is 18.7. The maximum absolute atomic E-state index is 14.4. The van der Waals surface area contributed by atoms with Gasteiger partial charge in [-0.15, -0.1) is 0 Å². The van der Waals surface area contributed by atoms with Gasteiger partial charge in [-0.05, 0) is 45.7 Å². The van der Waals surface area contributed by atoms with Gasteiger partial charge in [-0.2, -0.15) is 5.10 Å². The molecule has 6 rings (SSSR count). The van der Waals surface area contributed by atoms with Crippen molar-refractivity contribution >= 4 is 46.3 Å². The number of hydrogen-bond acceptors (Lipinski definition) is 17. The van der Waals surface area contributed by atoms with Crippen LogP contribution in [-0.4, -0.2) is 136 Å². The molecule has 10 atom stereocenters. The molecular formula is C51H73N4NaO14. The minimum atomic E-state index is -2.04. The molecule has 382 valence electrons. The number of unbranched alkanes of at least 4 members (excludes halogenated alkanes) is 1. The Morgan fingerprint density at radius 2 is 1.61 bits per heavy atom. The number of Topliss-reactive ketones (excluding diaryl/α,β-unsaturated/α-hetero) is 1. The van der Waals surface area contributed by atoms with Crippen LogP contribution in [0.15, 0.2) is 41.2 Å². The molecule has 2 aromatic rings. The van der Waals surface area contributed by atoms with E-state index in [1.807, 2.05) is 14.0 Å². The summed E-state index contributed by atoms with van der Waals surface area (Å²) in [6, 6.07) is 0. The summed E-state index contributed by atoms with van der Waals surface area (Å²) < 4.78 is 23.6. The third-order valence-electron chi connectivity index (χ3n) is 13.6. The van der Waals surface area contributed by atoms with Gasteiger partial charge in [0.05, 0.1) is 53.0 Å². The van der Waals surface area contributed by atoms with E-state index >= 15 is 0 Å². The van der Waals surface area contributed by atoms with E-state index in [0.29, 0.717) is 19.5 Å². The molecule has 0 aliphatic carbocycles. The Morgan fingerprint density at radius 3 is 2.19 bits per heavy atom. The van der Waals surface area contributed by atoms with Gasteiger partial charge in [-0.3, -0.25) is 19.4 Å². The molecule has 1 unspecified atom stereocenters. The number of carboxylic acid groups (broad SMARTS) is 1. The number of hydrazone groups is 1. The van der Waals surface area contributed by atoms with Crippen molar-refractivity contribution in [2.45, 2.75) is 125 Å². The number of aromatic hydroxyl groups is 3. The van der Waals surface area contributed by atoms with E-state index in [1.165, 1.54) is 59.4 Å². The molecular weight excluding hydrogens is 916 g/mol. The maximum atomic E-state index is 14.4. The van der Waals surface area contributed by atoms with E-state index in [-0.39, 0.29) is 79.9 Å². The number of piperazine rings is 1. The summed E-state index contributed by atoms with van der Waals surface area (Å²) in [5, 5.41) is 77.2. The number of carbonyl (C=O) groups excluding carboxylic acids is 4. The zero-order valence-electron chi connectivity index (χ0n) is 43.1. The largest absolute Gasteiger partial charge is 1.00 e. The average molecular weight is 989 g/mol. The number of carboxylic acids is 1. The van der Waals surface area contributed by atoms with Crippen LogP contribution in [0.25, 0.3) is 10.8 Å². The second kappa shape index (κ2) is 26.1. The van der Waals surface area contributed by atoms with Crippen molar-refractivity contribution in [3.05, 3.63) is 52.8 Å². The normalized spacial score (nSPS) is 28.9. The number of likely N-dealkylation sites (N-methyl/N-ethyl adjacent to an activating group) is 1. The quantitative estimate of drug-likeness (QED) is 0.0693. The van der Waals surface area contributed by atoms with Crippen molar-refractivity contribution in [3.63, 3.8) is 0 Å². The summed E-state index contributed by atoms with van der Waals surface area (Å²) in [5.41, 5.74) is -0.350. The Labute approximate surface area is 433 Å². The summed E-state index contributed by atoms with van der Waals surface area (Å²) in [7, 11) is 3.42.